The van der Waals surface area contributed by atoms with Crippen LogP contribution in [0.2, 0.25) is 0 Å². The molecule has 0 aliphatic heterocycles. The Morgan fingerprint density at radius 3 is 1.60 bits per heavy atom. The zero-order valence-corrected chi connectivity index (χ0v) is 28.8. The Balaban J connectivity index is 1.15. The van der Waals surface area contributed by atoms with Gasteiger partial charge in [0.05, 0.1) is 0 Å². The molecule has 0 unspecified atom stereocenters. The van der Waals surface area contributed by atoms with E-state index in [1.54, 1.807) is 0 Å². The van der Waals surface area contributed by atoms with Gasteiger partial charge < -0.3 is 4.42 Å². The predicted octanol–water partition coefficient (Wildman–Crippen LogP) is 14.3. The molecule has 246 valence electrons. The molecule has 0 amide bonds. The number of aromatic nitrogens is 1. The first-order chi connectivity index (χ1) is 26.3. The maximum Gasteiger partial charge on any atom is 0.227 e. The number of nitrogens with zero attached hydrogens (tertiary/aromatic N) is 1. The number of hydrogen-bond acceptors (Lipinski definition) is 2. The van der Waals surface area contributed by atoms with Gasteiger partial charge in [-0.05, 0) is 112 Å². The highest BCUT2D eigenvalue weighted by atomic mass is 16.3. The van der Waals surface area contributed by atoms with Crippen LogP contribution in [0.4, 0.5) is 0 Å². The molecule has 0 aliphatic carbocycles. The monoisotopic (exact) mass is 673 g/mol. The van der Waals surface area contributed by atoms with Crippen LogP contribution < -0.4 is 0 Å². The average molecular weight is 674 g/mol. The second kappa shape index (κ2) is 11.8. The summed E-state index contributed by atoms with van der Waals surface area (Å²) >= 11 is 0. The summed E-state index contributed by atoms with van der Waals surface area (Å²) in [5.74, 6) is 0.638. The number of oxazole rings is 1. The fraction of sp³-hybridized carbons (Fsp3) is 0. The molecule has 1 heterocycles. The van der Waals surface area contributed by atoms with Crippen molar-refractivity contribution < 1.29 is 4.42 Å². The van der Waals surface area contributed by atoms with E-state index in [1.165, 1.54) is 71.1 Å². The zero-order valence-electron chi connectivity index (χ0n) is 28.8. The molecule has 0 saturated carbocycles. The minimum atomic E-state index is 0.638. The third-order valence-electron chi connectivity index (χ3n) is 10.8. The van der Waals surface area contributed by atoms with Gasteiger partial charge in [0.15, 0.2) is 5.58 Å². The van der Waals surface area contributed by atoms with Gasteiger partial charge in [0.1, 0.15) is 5.52 Å². The Morgan fingerprint density at radius 2 is 0.906 bits per heavy atom. The van der Waals surface area contributed by atoms with E-state index in [1.807, 2.05) is 30.3 Å². The van der Waals surface area contributed by atoms with Crippen LogP contribution >= 0.6 is 0 Å². The molecule has 0 radical (unpaired) electrons. The van der Waals surface area contributed by atoms with Crippen molar-refractivity contribution in [3.63, 3.8) is 0 Å². The van der Waals surface area contributed by atoms with Gasteiger partial charge in [-0.25, -0.2) is 4.98 Å². The van der Waals surface area contributed by atoms with Crippen molar-refractivity contribution in [2.45, 2.75) is 0 Å². The van der Waals surface area contributed by atoms with Crippen LogP contribution in [0, 0.1) is 0 Å². The maximum absolute atomic E-state index is 6.58. The summed E-state index contributed by atoms with van der Waals surface area (Å²) in [7, 11) is 0. The molecule has 0 saturated heterocycles. The molecule has 10 aromatic carbocycles. The van der Waals surface area contributed by atoms with E-state index < -0.39 is 0 Å². The predicted molar refractivity (Wildman–Crippen MR) is 223 cm³/mol. The summed E-state index contributed by atoms with van der Waals surface area (Å²) < 4.78 is 6.58. The van der Waals surface area contributed by atoms with Gasteiger partial charge in [0, 0.05) is 10.9 Å². The highest BCUT2D eigenvalue weighted by Gasteiger charge is 2.19. The lowest BCUT2D eigenvalue weighted by Crippen LogP contribution is -1.91. The lowest BCUT2D eigenvalue weighted by Gasteiger charge is -2.19. The number of fused-ring (bicyclic) bond motifs is 8. The molecule has 0 fully saturated rings. The van der Waals surface area contributed by atoms with E-state index in [0.717, 1.165) is 32.8 Å². The number of rotatable bonds is 4. The summed E-state index contributed by atoms with van der Waals surface area (Å²) in [6, 6.07) is 67.7. The fourth-order valence-corrected chi connectivity index (χ4v) is 8.44. The molecule has 11 aromatic rings. The second-order valence-corrected chi connectivity index (χ2v) is 13.8. The van der Waals surface area contributed by atoms with Gasteiger partial charge in [-0.15, -0.1) is 0 Å². The molecule has 53 heavy (non-hydrogen) atoms. The minimum absolute atomic E-state index is 0.638. The highest BCUT2D eigenvalue weighted by Crippen LogP contribution is 2.46. The van der Waals surface area contributed by atoms with E-state index in [0.29, 0.717) is 5.89 Å². The first-order valence-electron chi connectivity index (χ1n) is 18.1. The Bertz CT molecular complexity index is 3160. The fourth-order valence-electron chi connectivity index (χ4n) is 8.44. The summed E-state index contributed by atoms with van der Waals surface area (Å²) in [5, 5.41) is 12.0. The standard InChI is InChI=1S/C51H31NO/c1-3-12-32(13-4-1)39-21-11-16-36-30-37(26-28-40(36)39)47-41-17-7-9-19-43(41)48(44-20-10-8-18-42(44)47)38-25-23-33-22-24-34-27-29-46-50(49(34)45(33)31-38)53-51(52-46)35-14-5-2-6-15-35/h1-31H. The van der Waals surface area contributed by atoms with Crippen molar-refractivity contribution >= 4 is 65.0 Å². The van der Waals surface area contributed by atoms with E-state index in [9.17, 15) is 0 Å². The largest absolute Gasteiger partial charge is 0.435 e. The van der Waals surface area contributed by atoms with Crippen LogP contribution in [0.5, 0.6) is 0 Å². The van der Waals surface area contributed by atoms with Crippen molar-refractivity contribution in [3.8, 4) is 44.8 Å². The molecule has 0 bridgehead atoms. The van der Waals surface area contributed by atoms with Gasteiger partial charge in [0.2, 0.25) is 5.89 Å². The Hall–Kier alpha value is -7.03. The Labute approximate surface area is 306 Å². The number of benzene rings is 10. The topological polar surface area (TPSA) is 26.0 Å². The SMILES string of the molecule is c1ccc(-c2nc3ccc4ccc5ccc(-c6c7ccccc7c(-c7ccc8c(-c9ccccc9)cccc8c7)c7ccccc67)cc5c4c3o2)cc1. The van der Waals surface area contributed by atoms with Crippen LogP contribution in [0.25, 0.3) is 110 Å². The van der Waals surface area contributed by atoms with E-state index >= 15 is 0 Å². The van der Waals surface area contributed by atoms with Crippen molar-refractivity contribution in [3.05, 3.63) is 188 Å². The van der Waals surface area contributed by atoms with Crippen LogP contribution in [0.1, 0.15) is 0 Å². The molecule has 1 aromatic heterocycles. The van der Waals surface area contributed by atoms with E-state index in [-0.39, 0.29) is 0 Å². The molecule has 2 heteroatoms. The van der Waals surface area contributed by atoms with Gasteiger partial charge in [-0.1, -0.05) is 158 Å². The van der Waals surface area contributed by atoms with Crippen molar-refractivity contribution in [2.75, 3.05) is 0 Å². The van der Waals surface area contributed by atoms with Gasteiger partial charge in [0.25, 0.3) is 0 Å². The smallest absolute Gasteiger partial charge is 0.227 e. The maximum atomic E-state index is 6.58. The van der Waals surface area contributed by atoms with E-state index in [2.05, 4.69) is 158 Å². The highest BCUT2D eigenvalue weighted by molar-refractivity contribution is 6.24. The van der Waals surface area contributed by atoms with Crippen LogP contribution in [0.3, 0.4) is 0 Å². The molecule has 0 spiro atoms. The zero-order chi connectivity index (χ0) is 34.9. The average Bonchev–Trinajstić information content (AvgIpc) is 3.67. The van der Waals surface area contributed by atoms with Crippen molar-refractivity contribution in [1.29, 1.82) is 0 Å². The van der Waals surface area contributed by atoms with Gasteiger partial charge >= 0.3 is 0 Å². The molecular weight excluding hydrogens is 643 g/mol. The van der Waals surface area contributed by atoms with Crippen LogP contribution in [0.15, 0.2) is 192 Å². The Morgan fingerprint density at radius 1 is 0.340 bits per heavy atom. The lowest BCUT2D eigenvalue weighted by atomic mass is 9.84. The summed E-state index contributed by atoms with van der Waals surface area (Å²) in [6.07, 6.45) is 0. The first-order valence-corrected chi connectivity index (χ1v) is 18.1. The summed E-state index contributed by atoms with van der Waals surface area (Å²) in [5.41, 5.74) is 10.0. The third kappa shape index (κ3) is 4.70. The van der Waals surface area contributed by atoms with Gasteiger partial charge in [-0.3, -0.25) is 0 Å². The van der Waals surface area contributed by atoms with E-state index in [4.69, 9.17) is 9.40 Å². The normalized spacial score (nSPS) is 11.8. The first kappa shape index (κ1) is 29.7. The third-order valence-corrected chi connectivity index (χ3v) is 10.8. The molecule has 11 rings (SSSR count). The quantitative estimate of drug-likeness (QED) is 0.137. The van der Waals surface area contributed by atoms with Crippen LogP contribution in [-0.2, 0) is 0 Å². The van der Waals surface area contributed by atoms with Crippen molar-refractivity contribution in [1.82, 2.24) is 4.98 Å². The van der Waals surface area contributed by atoms with Crippen LogP contribution in [-0.4, -0.2) is 4.98 Å². The molecular formula is C51H31NO. The second-order valence-electron chi connectivity index (χ2n) is 13.8. The number of hydrogen-bond donors (Lipinski definition) is 0. The summed E-state index contributed by atoms with van der Waals surface area (Å²) in [6.45, 7) is 0. The van der Waals surface area contributed by atoms with Crippen molar-refractivity contribution in [2.24, 2.45) is 0 Å². The lowest BCUT2D eigenvalue weighted by molar-refractivity contribution is 0.623. The van der Waals surface area contributed by atoms with Gasteiger partial charge in [-0.2, -0.15) is 0 Å². The minimum Gasteiger partial charge on any atom is -0.435 e. The Kier molecular flexibility index (Phi) is 6.59. The molecule has 0 N–H and O–H groups in total. The molecule has 0 atom stereocenters. The summed E-state index contributed by atoms with van der Waals surface area (Å²) in [4.78, 5) is 4.91. The molecule has 2 nitrogen and oxygen atoms in total. The molecule has 0 aliphatic rings.